The van der Waals surface area contributed by atoms with Gasteiger partial charge in [-0.3, -0.25) is 4.79 Å². The van der Waals surface area contributed by atoms with Crippen molar-refractivity contribution >= 4 is 44.4 Å². The van der Waals surface area contributed by atoms with E-state index in [0.717, 1.165) is 30.2 Å². The van der Waals surface area contributed by atoms with Crippen molar-refractivity contribution in [3.8, 4) is 0 Å². The average molecular weight is 321 g/mol. The van der Waals surface area contributed by atoms with Crippen LogP contribution in [0.4, 0.5) is 5.13 Å². The second kappa shape index (κ2) is 5.85. The van der Waals surface area contributed by atoms with Crippen molar-refractivity contribution in [3.63, 3.8) is 0 Å². The molecular formula is C15H19N3OS2. The molecule has 1 saturated heterocycles. The van der Waals surface area contributed by atoms with E-state index < -0.39 is 0 Å². The number of carbonyl (C=O) groups is 1. The lowest BCUT2D eigenvalue weighted by molar-refractivity contribution is -0.132. The summed E-state index contributed by atoms with van der Waals surface area (Å²) >= 11 is 3.47. The molecule has 2 heterocycles. The van der Waals surface area contributed by atoms with Gasteiger partial charge in [0.1, 0.15) is 0 Å². The van der Waals surface area contributed by atoms with Crippen molar-refractivity contribution in [2.24, 2.45) is 5.92 Å². The largest absolute Gasteiger partial charge is 0.349 e. The Hall–Kier alpha value is -1.27. The molecule has 1 aliphatic heterocycles. The number of thiazole rings is 1. The number of rotatable bonds is 3. The molecule has 0 aliphatic carbocycles. The van der Waals surface area contributed by atoms with Gasteiger partial charge >= 0.3 is 0 Å². The zero-order chi connectivity index (χ0) is 15.0. The van der Waals surface area contributed by atoms with E-state index in [-0.39, 0.29) is 11.8 Å². The van der Waals surface area contributed by atoms with Crippen LogP contribution in [0.5, 0.6) is 0 Å². The van der Waals surface area contributed by atoms with Crippen LogP contribution in [0.2, 0.25) is 0 Å². The van der Waals surface area contributed by atoms with Crippen molar-refractivity contribution in [2.45, 2.75) is 11.3 Å². The number of anilines is 1. The van der Waals surface area contributed by atoms with Gasteiger partial charge in [-0.15, -0.1) is 11.8 Å². The highest BCUT2D eigenvalue weighted by Crippen LogP contribution is 2.34. The normalized spacial score (nSPS) is 18.4. The number of thioether (sulfide) groups is 1. The van der Waals surface area contributed by atoms with E-state index in [1.54, 1.807) is 28.0 Å². The Morgan fingerprint density at radius 3 is 3.00 bits per heavy atom. The zero-order valence-corrected chi connectivity index (χ0v) is 14.1. The third kappa shape index (κ3) is 2.87. The predicted molar refractivity (Wildman–Crippen MR) is 90.4 cm³/mol. The zero-order valence-electron chi connectivity index (χ0n) is 12.5. The monoisotopic (exact) mass is 321 g/mol. The molecule has 0 bridgehead atoms. The van der Waals surface area contributed by atoms with E-state index in [0.29, 0.717) is 0 Å². The molecule has 2 aromatic rings. The Kier molecular flexibility index (Phi) is 4.08. The predicted octanol–water partition coefficient (Wildman–Crippen LogP) is 2.93. The molecular weight excluding hydrogens is 302 g/mol. The van der Waals surface area contributed by atoms with Crippen molar-refractivity contribution in [1.82, 2.24) is 9.88 Å². The highest BCUT2D eigenvalue weighted by molar-refractivity contribution is 7.98. The highest BCUT2D eigenvalue weighted by Gasteiger charge is 2.30. The Morgan fingerprint density at radius 2 is 2.29 bits per heavy atom. The number of amides is 1. The molecule has 112 valence electrons. The molecule has 4 nitrogen and oxygen atoms in total. The van der Waals surface area contributed by atoms with Crippen molar-refractivity contribution in [1.29, 1.82) is 0 Å². The summed E-state index contributed by atoms with van der Waals surface area (Å²) < 4.78 is 1.22. The van der Waals surface area contributed by atoms with E-state index in [1.807, 2.05) is 14.1 Å². The molecule has 6 heteroatoms. The van der Waals surface area contributed by atoms with Gasteiger partial charge in [-0.05, 0) is 30.9 Å². The number of aromatic nitrogens is 1. The maximum Gasteiger partial charge on any atom is 0.227 e. The third-order valence-electron chi connectivity index (χ3n) is 3.83. The lowest BCUT2D eigenvalue weighted by atomic mass is 10.1. The Morgan fingerprint density at radius 1 is 1.48 bits per heavy atom. The van der Waals surface area contributed by atoms with Gasteiger partial charge in [-0.2, -0.15) is 0 Å². The van der Waals surface area contributed by atoms with Crippen LogP contribution in [-0.2, 0) is 4.79 Å². The minimum absolute atomic E-state index is 0.105. The van der Waals surface area contributed by atoms with Gasteiger partial charge in [0, 0.05) is 32.1 Å². The third-order valence-corrected chi connectivity index (χ3v) is 5.64. The first-order chi connectivity index (χ1) is 10.1. The van der Waals surface area contributed by atoms with Gasteiger partial charge in [0.25, 0.3) is 0 Å². The molecule has 1 aromatic heterocycles. The van der Waals surface area contributed by atoms with Crippen LogP contribution in [0, 0.1) is 5.92 Å². The van der Waals surface area contributed by atoms with Gasteiger partial charge in [0.2, 0.25) is 5.91 Å². The molecule has 0 saturated carbocycles. The standard InChI is InChI=1S/C15H19N3OS2/c1-17(2)14(19)10-6-7-18(9-10)15-16-12-5-4-11(20-3)8-13(12)21-15/h4-5,8,10H,6-7,9H2,1-3H3. The second-order valence-electron chi connectivity index (χ2n) is 5.49. The fourth-order valence-corrected chi connectivity index (χ4v) is 4.21. The Balaban J connectivity index is 1.80. The second-order valence-corrected chi connectivity index (χ2v) is 7.38. The van der Waals surface area contributed by atoms with Crippen molar-refractivity contribution in [2.75, 3.05) is 38.3 Å². The summed E-state index contributed by atoms with van der Waals surface area (Å²) in [6.07, 6.45) is 3.00. The summed E-state index contributed by atoms with van der Waals surface area (Å²) in [4.78, 5) is 22.0. The van der Waals surface area contributed by atoms with Gasteiger partial charge in [0.15, 0.2) is 5.13 Å². The molecule has 1 aromatic carbocycles. The molecule has 21 heavy (non-hydrogen) atoms. The van der Waals surface area contributed by atoms with Gasteiger partial charge < -0.3 is 9.80 Å². The number of nitrogens with zero attached hydrogens (tertiary/aromatic N) is 3. The molecule has 1 aliphatic rings. The van der Waals surface area contributed by atoms with Crippen LogP contribution < -0.4 is 4.90 Å². The SMILES string of the molecule is CSc1ccc2nc(N3CCC(C(=O)N(C)C)C3)sc2c1. The highest BCUT2D eigenvalue weighted by atomic mass is 32.2. The van der Waals surface area contributed by atoms with Gasteiger partial charge in [0.05, 0.1) is 16.1 Å². The number of carbonyl (C=O) groups excluding carboxylic acids is 1. The number of hydrogen-bond acceptors (Lipinski definition) is 5. The van der Waals surface area contributed by atoms with E-state index in [1.165, 1.54) is 9.60 Å². The van der Waals surface area contributed by atoms with E-state index in [2.05, 4.69) is 29.4 Å². The van der Waals surface area contributed by atoms with Crippen LogP contribution in [0.25, 0.3) is 10.2 Å². The van der Waals surface area contributed by atoms with Crippen molar-refractivity contribution < 1.29 is 4.79 Å². The van der Waals surface area contributed by atoms with Crippen LogP contribution in [0.15, 0.2) is 23.1 Å². The number of hydrogen-bond donors (Lipinski definition) is 0. The quantitative estimate of drug-likeness (QED) is 0.815. The minimum Gasteiger partial charge on any atom is -0.349 e. The topological polar surface area (TPSA) is 36.4 Å². The Labute approximate surface area is 133 Å². The van der Waals surface area contributed by atoms with Gasteiger partial charge in [-0.25, -0.2) is 4.98 Å². The van der Waals surface area contributed by atoms with E-state index in [4.69, 9.17) is 4.98 Å². The maximum absolute atomic E-state index is 12.1. The molecule has 0 N–H and O–H groups in total. The molecule has 0 spiro atoms. The van der Waals surface area contributed by atoms with Crippen LogP contribution in [-0.4, -0.2) is 49.2 Å². The Bertz CT molecular complexity index is 668. The first-order valence-corrected chi connectivity index (χ1v) is 9.03. The molecule has 1 atom stereocenters. The summed E-state index contributed by atoms with van der Waals surface area (Å²) in [6.45, 7) is 1.70. The van der Waals surface area contributed by atoms with E-state index >= 15 is 0 Å². The van der Waals surface area contributed by atoms with Crippen LogP contribution >= 0.6 is 23.1 Å². The fraction of sp³-hybridized carbons (Fsp3) is 0.467. The average Bonchev–Trinajstić information content (AvgIpc) is 3.11. The molecule has 1 fully saturated rings. The van der Waals surface area contributed by atoms with E-state index in [9.17, 15) is 4.79 Å². The van der Waals surface area contributed by atoms with Crippen molar-refractivity contribution in [3.05, 3.63) is 18.2 Å². The lowest BCUT2D eigenvalue weighted by Gasteiger charge is -2.17. The minimum atomic E-state index is 0.105. The summed E-state index contributed by atoms with van der Waals surface area (Å²) in [5.74, 6) is 0.331. The summed E-state index contributed by atoms with van der Waals surface area (Å²) in [5, 5.41) is 1.04. The lowest BCUT2D eigenvalue weighted by Crippen LogP contribution is -2.31. The number of fused-ring (bicyclic) bond motifs is 1. The molecule has 1 unspecified atom stereocenters. The first-order valence-electron chi connectivity index (χ1n) is 6.99. The summed E-state index contributed by atoms with van der Waals surface area (Å²) in [6, 6.07) is 6.39. The molecule has 0 radical (unpaired) electrons. The van der Waals surface area contributed by atoms with Crippen LogP contribution in [0.3, 0.4) is 0 Å². The number of benzene rings is 1. The first kappa shape index (κ1) is 14.7. The fourth-order valence-electron chi connectivity index (χ4n) is 2.66. The molecule has 1 amide bonds. The summed E-state index contributed by atoms with van der Waals surface area (Å²) in [7, 11) is 3.65. The smallest absolute Gasteiger partial charge is 0.227 e. The molecule has 3 rings (SSSR count). The van der Waals surface area contributed by atoms with Gasteiger partial charge in [-0.1, -0.05) is 11.3 Å². The maximum atomic E-state index is 12.1. The van der Waals surface area contributed by atoms with Crippen LogP contribution in [0.1, 0.15) is 6.42 Å². The summed E-state index contributed by atoms with van der Waals surface area (Å²) in [5.41, 5.74) is 1.05.